The van der Waals surface area contributed by atoms with Crippen molar-refractivity contribution in [2.45, 2.75) is 32.4 Å². The minimum Gasteiger partial charge on any atom is -0.466 e. The van der Waals surface area contributed by atoms with Gasteiger partial charge in [-0.25, -0.2) is 8.78 Å². The number of rotatable bonds is 7. The highest BCUT2D eigenvalue weighted by molar-refractivity contribution is 5.70. The van der Waals surface area contributed by atoms with Crippen LogP contribution >= 0.6 is 0 Å². The molecule has 5 heteroatoms. The summed E-state index contributed by atoms with van der Waals surface area (Å²) < 4.78 is 30.1. The SMILES string of the molecule is CCOC(=O)C[C@@H](NCc1ccccc1)C(F)F. The molecule has 1 aromatic rings. The molecule has 0 bridgehead atoms. The molecule has 0 amide bonds. The van der Waals surface area contributed by atoms with Gasteiger partial charge in [-0.3, -0.25) is 4.79 Å². The van der Waals surface area contributed by atoms with Crippen molar-refractivity contribution in [3.05, 3.63) is 35.9 Å². The molecule has 1 atom stereocenters. The number of ether oxygens (including phenoxy) is 1. The Bertz CT molecular complexity index is 357. The first-order chi connectivity index (χ1) is 8.63. The molecule has 0 spiro atoms. The van der Waals surface area contributed by atoms with Gasteiger partial charge in [0.2, 0.25) is 0 Å². The third-order valence-corrected chi connectivity index (χ3v) is 2.41. The lowest BCUT2D eigenvalue weighted by molar-refractivity contribution is -0.144. The van der Waals surface area contributed by atoms with E-state index in [9.17, 15) is 13.6 Å². The average Bonchev–Trinajstić information content (AvgIpc) is 2.35. The maximum atomic E-state index is 12.7. The van der Waals surface area contributed by atoms with Gasteiger partial charge in [0.1, 0.15) is 0 Å². The molecule has 0 aromatic heterocycles. The standard InChI is InChI=1S/C13H17F2NO2/c1-2-18-12(17)8-11(13(14)15)16-9-10-6-4-3-5-7-10/h3-7,11,13,16H,2,8-9H2,1H3/t11-/m1/s1. The second-order valence-electron chi connectivity index (χ2n) is 3.82. The molecule has 0 radical (unpaired) electrons. The molecular weight excluding hydrogens is 240 g/mol. The number of alkyl halides is 2. The van der Waals surface area contributed by atoms with Crippen LogP contribution in [-0.4, -0.2) is 25.0 Å². The molecule has 0 aliphatic heterocycles. The van der Waals surface area contributed by atoms with Crippen LogP contribution in [0.4, 0.5) is 8.78 Å². The van der Waals surface area contributed by atoms with E-state index in [1.807, 2.05) is 30.3 Å². The maximum Gasteiger partial charge on any atom is 0.307 e. The highest BCUT2D eigenvalue weighted by Crippen LogP contribution is 2.08. The van der Waals surface area contributed by atoms with E-state index in [2.05, 4.69) is 10.1 Å². The molecule has 0 fully saturated rings. The second-order valence-corrected chi connectivity index (χ2v) is 3.82. The number of nitrogens with one attached hydrogen (secondary N) is 1. The van der Waals surface area contributed by atoms with Gasteiger partial charge in [-0.05, 0) is 12.5 Å². The molecule has 1 aromatic carbocycles. The van der Waals surface area contributed by atoms with E-state index < -0.39 is 18.4 Å². The van der Waals surface area contributed by atoms with Crippen LogP contribution in [0.2, 0.25) is 0 Å². The van der Waals surface area contributed by atoms with Crippen LogP contribution in [0, 0.1) is 0 Å². The zero-order valence-corrected chi connectivity index (χ0v) is 10.2. The van der Waals surface area contributed by atoms with E-state index in [1.54, 1.807) is 6.92 Å². The average molecular weight is 257 g/mol. The first kappa shape index (κ1) is 14.6. The molecular formula is C13H17F2NO2. The van der Waals surface area contributed by atoms with Crippen molar-refractivity contribution in [1.82, 2.24) is 5.32 Å². The number of halogens is 2. The molecule has 0 saturated carbocycles. The fraction of sp³-hybridized carbons (Fsp3) is 0.462. The molecule has 1 N–H and O–H groups in total. The summed E-state index contributed by atoms with van der Waals surface area (Å²) in [7, 11) is 0. The van der Waals surface area contributed by atoms with E-state index in [-0.39, 0.29) is 13.0 Å². The Morgan fingerprint density at radius 3 is 2.56 bits per heavy atom. The number of carbonyl (C=O) groups is 1. The Kier molecular flexibility index (Phi) is 6.28. The Labute approximate surface area is 105 Å². The normalized spacial score (nSPS) is 12.4. The van der Waals surface area contributed by atoms with Crippen LogP contribution in [0.25, 0.3) is 0 Å². The van der Waals surface area contributed by atoms with Gasteiger partial charge < -0.3 is 10.1 Å². The van der Waals surface area contributed by atoms with Gasteiger partial charge >= 0.3 is 5.97 Å². The lowest BCUT2D eigenvalue weighted by Crippen LogP contribution is -2.37. The van der Waals surface area contributed by atoms with E-state index >= 15 is 0 Å². The molecule has 0 aliphatic carbocycles. The predicted molar refractivity (Wildman–Crippen MR) is 64.3 cm³/mol. The quantitative estimate of drug-likeness (QED) is 0.762. The zero-order chi connectivity index (χ0) is 13.4. The van der Waals surface area contributed by atoms with Gasteiger partial charge in [0.15, 0.2) is 0 Å². The van der Waals surface area contributed by atoms with Crippen LogP contribution in [-0.2, 0) is 16.1 Å². The van der Waals surface area contributed by atoms with Gasteiger partial charge in [-0.2, -0.15) is 0 Å². The maximum absolute atomic E-state index is 12.7. The Balaban J connectivity index is 2.46. The number of esters is 1. The van der Waals surface area contributed by atoms with Gasteiger partial charge in [0.25, 0.3) is 6.43 Å². The summed E-state index contributed by atoms with van der Waals surface area (Å²) >= 11 is 0. The smallest absolute Gasteiger partial charge is 0.307 e. The van der Waals surface area contributed by atoms with E-state index in [1.165, 1.54) is 0 Å². The lowest BCUT2D eigenvalue weighted by atomic mass is 10.2. The van der Waals surface area contributed by atoms with Crippen molar-refractivity contribution in [2.24, 2.45) is 0 Å². The summed E-state index contributed by atoms with van der Waals surface area (Å²) in [6.45, 7) is 2.15. The third kappa shape index (κ3) is 5.23. The summed E-state index contributed by atoms with van der Waals surface area (Å²) in [5.74, 6) is -0.608. The fourth-order valence-electron chi connectivity index (χ4n) is 1.49. The number of hydrogen-bond donors (Lipinski definition) is 1. The zero-order valence-electron chi connectivity index (χ0n) is 10.2. The molecule has 100 valence electrons. The monoisotopic (exact) mass is 257 g/mol. The first-order valence-electron chi connectivity index (χ1n) is 5.84. The molecule has 0 heterocycles. The summed E-state index contributed by atoms with van der Waals surface area (Å²) in [6, 6.07) is 8.01. The number of carbonyl (C=O) groups excluding carboxylic acids is 1. The minimum absolute atomic E-state index is 0.202. The topological polar surface area (TPSA) is 38.3 Å². The molecule has 3 nitrogen and oxygen atoms in total. The number of benzene rings is 1. The third-order valence-electron chi connectivity index (χ3n) is 2.41. The summed E-state index contributed by atoms with van der Waals surface area (Å²) in [5.41, 5.74) is 0.895. The Hall–Kier alpha value is -1.49. The predicted octanol–water partition coefficient (Wildman–Crippen LogP) is 2.36. The van der Waals surface area contributed by atoms with Crippen molar-refractivity contribution >= 4 is 5.97 Å². The second kappa shape index (κ2) is 7.76. The number of hydrogen-bond acceptors (Lipinski definition) is 3. The van der Waals surface area contributed by atoms with Crippen molar-refractivity contribution in [3.8, 4) is 0 Å². The van der Waals surface area contributed by atoms with Gasteiger partial charge in [-0.1, -0.05) is 30.3 Å². The van der Waals surface area contributed by atoms with Crippen LogP contribution in [0.5, 0.6) is 0 Å². The minimum atomic E-state index is -2.60. The van der Waals surface area contributed by atoms with Crippen molar-refractivity contribution in [2.75, 3.05) is 6.61 Å². The fourth-order valence-corrected chi connectivity index (χ4v) is 1.49. The molecule has 18 heavy (non-hydrogen) atoms. The summed E-state index contributed by atoms with van der Waals surface area (Å²) in [4.78, 5) is 11.2. The first-order valence-corrected chi connectivity index (χ1v) is 5.84. The highest BCUT2D eigenvalue weighted by atomic mass is 19.3. The van der Waals surface area contributed by atoms with Crippen molar-refractivity contribution in [3.63, 3.8) is 0 Å². The van der Waals surface area contributed by atoms with Gasteiger partial charge in [0, 0.05) is 6.54 Å². The molecule has 0 unspecified atom stereocenters. The van der Waals surface area contributed by atoms with Crippen LogP contribution in [0.15, 0.2) is 30.3 Å². The van der Waals surface area contributed by atoms with E-state index in [0.717, 1.165) is 5.56 Å². The van der Waals surface area contributed by atoms with Crippen molar-refractivity contribution < 1.29 is 18.3 Å². The molecule has 0 saturated heterocycles. The Morgan fingerprint density at radius 1 is 1.33 bits per heavy atom. The highest BCUT2D eigenvalue weighted by Gasteiger charge is 2.23. The van der Waals surface area contributed by atoms with Gasteiger partial charge in [-0.15, -0.1) is 0 Å². The molecule has 1 rings (SSSR count). The van der Waals surface area contributed by atoms with Gasteiger partial charge in [0.05, 0.1) is 19.1 Å². The van der Waals surface area contributed by atoms with Crippen molar-refractivity contribution in [1.29, 1.82) is 0 Å². The largest absolute Gasteiger partial charge is 0.466 e. The summed E-state index contributed by atoms with van der Waals surface area (Å²) in [6.07, 6.45) is -2.92. The van der Waals surface area contributed by atoms with Crippen LogP contribution in [0.1, 0.15) is 18.9 Å². The molecule has 0 aliphatic rings. The lowest BCUT2D eigenvalue weighted by Gasteiger charge is -2.17. The Morgan fingerprint density at radius 2 is 2.00 bits per heavy atom. The summed E-state index contributed by atoms with van der Waals surface area (Å²) in [5, 5.41) is 2.67. The van der Waals surface area contributed by atoms with Crippen LogP contribution < -0.4 is 5.32 Å². The van der Waals surface area contributed by atoms with Crippen LogP contribution in [0.3, 0.4) is 0 Å². The van der Waals surface area contributed by atoms with E-state index in [0.29, 0.717) is 6.54 Å². The van der Waals surface area contributed by atoms with E-state index in [4.69, 9.17) is 0 Å².